The second kappa shape index (κ2) is 5.27. The largest absolute Gasteiger partial charge is 0.421 e. The smallest absolute Gasteiger partial charge is 0.324 e. The number of rotatable bonds is 2. The number of anilines is 1. The molecule has 20 heavy (non-hydrogen) atoms. The van der Waals surface area contributed by atoms with E-state index in [1.54, 1.807) is 12.2 Å². The minimum absolute atomic E-state index is 0.169. The molecule has 0 spiro atoms. The van der Waals surface area contributed by atoms with Crippen molar-refractivity contribution in [3.63, 3.8) is 0 Å². The summed E-state index contributed by atoms with van der Waals surface area (Å²) in [4.78, 5) is 11.4. The van der Waals surface area contributed by atoms with Crippen molar-refractivity contribution in [3.05, 3.63) is 29.8 Å². The summed E-state index contributed by atoms with van der Waals surface area (Å²) in [5, 5.41) is 1.60. The Bertz CT molecular complexity index is 479. The standard InChI is InChI=1S/C11H8BrF6NO/c1-6-2-4-7(5-3-6)19-8(20)9(12,10(13,14)15)11(16,17)18/h2-5H,1H3,(H,19,20). The minimum atomic E-state index is -5.83. The number of benzene rings is 1. The van der Waals surface area contributed by atoms with Crippen LogP contribution in [0, 0.1) is 6.92 Å². The van der Waals surface area contributed by atoms with Crippen LogP contribution in [0.3, 0.4) is 0 Å². The van der Waals surface area contributed by atoms with Gasteiger partial charge in [0.05, 0.1) is 0 Å². The SMILES string of the molecule is Cc1ccc(NC(=O)C(Br)(C(F)(F)F)C(F)(F)F)cc1. The minimum Gasteiger partial charge on any atom is -0.324 e. The quantitative estimate of drug-likeness (QED) is 0.619. The van der Waals surface area contributed by atoms with Crippen molar-refractivity contribution in [3.8, 4) is 0 Å². The van der Waals surface area contributed by atoms with Crippen LogP contribution in [-0.2, 0) is 4.79 Å². The van der Waals surface area contributed by atoms with Crippen LogP contribution in [0.1, 0.15) is 5.56 Å². The van der Waals surface area contributed by atoms with Crippen LogP contribution >= 0.6 is 15.9 Å². The number of alkyl halides is 7. The maximum Gasteiger partial charge on any atom is 0.421 e. The van der Waals surface area contributed by atoms with Crippen molar-refractivity contribution in [1.29, 1.82) is 0 Å². The van der Waals surface area contributed by atoms with Gasteiger partial charge < -0.3 is 5.32 Å². The van der Waals surface area contributed by atoms with Gasteiger partial charge in [0, 0.05) is 5.69 Å². The predicted octanol–water partition coefficient (Wildman–Crippen LogP) is 4.19. The Kier molecular flexibility index (Phi) is 4.42. The molecule has 0 bridgehead atoms. The summed E-state index contributed by atoms with van der Waals surface area (Å²) in [6.45, 7) is 1.67. The van der Waals surface area contributed by atoms with E-state index in [-0.39, 0.29) is 5.69 Å². The first-order valence-corrected chi connectivity index (χ1v) is 5.89. The molecule has 1 N–H and O–H groups in total. The van der Waals surface area contributed by atoms with Crippen LogP contribution < -0.4 is 5.32 Å². The zero-order chi connectivity index (χ0) is 15.8. The molecule has 1 rings (SSSR count). The van der Waals surface area contributed by atoms with Gasteiger partial charge in [-0.05, 0) is 19.1 Å². The zero-order valence-electron chi connectivity index (χ0n) is 9.86. The van der Waals surface area contributed by atoms with Crippen molar-refractivity contribution in [1.82, 2.24) is 0 Å². The fraction of sp³-hybridized carbons (Fsp3) is 0.364. The third kappa shape index (κ3) is 3.08. The van der Waals surface area contributed by atoms with Crippen LogP contribution in [0.5, 0.6) is 0 Å². The molecule has 1 amide bonds. The van der Waals surface area contributed by atoms with Crippen molar-refractivity contribution >= 4 is 27.5 Å². The summed E-state index contributed by atoms with van der Waals surface area (Å²) in [6.07, 6.45) is -11.7. The van der Waals surface area contributed by atoms with E-state index in [0.29, 0.717) is 0 Å². The third-order valence-corrected chi connectivity index (χ3v) is 3.66. The molecular weight excluding hydrogens is 356 g/mol. The molecule has 0 radical (unpaired) electrons. The predicted molar refractivity (Wildman–Crippen MR) is 63.6 cm³/mol. The van der Waals surface area contributed by atoms with Gasteiger partial charge in [0.25, 0.3) is 10.2 Å². The van der Waals surface area contributed by atoms with Gasteiger partial charge in [-0.3, -0.25) is 4.79 Å². The average molecular weight is 364 g/mol. The summed E-state index contributed by atoms with van der Waals surface area (Å²) in [5.74, 6) is -2.25. The van der Waals surface area contributed by atoms with E-state index in [4.69, 9.17) is 0 Å². The Balaban J connectivity index is 3.11. The first kappa shape index (κ1) is 16.8. The summed E-state index contributed by atoms with van der Waals surface area (Å²) in [6, 6.07) is 5.28. The lowest BCUT2D eigenvalue weighted by Crippen LogP contribution is -2.59. The number of nitrogens with one attached hydrogen (secondary N) is 1. The Morgan fingerprint density at radius 3 is 1.75 bits per heavy atom. The Labute approximate surface area is 118 Å². The fourth-order valence-corrected chi connectivity index (χ4v) is 1.37. The second-order valence-electron chi connectivity index (χ2n) is 3.97. The summed E-state index contributed by atoms with van der Waals surface area (Å²) < 4.78 is 70.9. The van der Waals surface area contributed by atoms with Gasteiger partial charge in [-0.2, -0.15) is 26.3 Å². The van der Waals surface area contributed by atoms with E-state index in [1.807, 2.05) is 0 Å². The number of carbonyl (C=O) groups excluding carboxylic acids is 1. The Morgan fingerprint density at radius 1 is 1.00 bits per heavy atom. The molecule has 0 aliphatic rings. The van der Waals surface area contributed by atoms with Crippen LogP contribution in [0.4, 0.5) is 32.0 Å². The monoisotopic (exact) mass is 363 g/mol. The average Bonchev–Trinajstić information content (AvgIpc) is 2.28. The Hall–Kier alpha value is -1.25. The molecular formula is C11H8BrF6NO. The summed E-state index contributed by atoms with van der Waals surface area (Å²) >= 11 is 1.50. The fourth-order valence-electron chi connectivity index (χ4n) is 1.27. The molecule has 0 aliphatic carbocycles. The molecule has 0 saturated heterocycles. The van der Waals surface area contributed by atoms with E-state index in [0.717, 1.165) is 5.56 Å². The molecule has 0 fully saturated rings. The van der Waals surface area contributed by atoms with Crippen LogP contribution in [-0.4, -0.2) is 22.6 Å². The topological polar surface area (TPSA) is 29.1 Å². The highest BCUT2D eigenvalue weighted by atomic mass is 79.9. The molecule has 0 saturated carbocycles. The number of halogens is 7. The number of hydrogen-bond donors (Lipinski definition) is 1. The number of carbonyl (C=O) groups is 1. The normalized spacial score (nSPS) is 13.2. The van der Waals surface area contributed by atoms with E-state index < -0.39 is 22.6 Å². The Morgan fingerprint density at radius 2 is 1.40 bits per heavy atom. The molecule has 1 aromatic carbocycles. The third-order valence-electron chi connectivity index (χ3n) is 2.40. The summed E-state index contributed by atoms with van der Waals surface area (Å²) in [5.41, 5.74) is 0.567. The molecule has 9 heteroatoms. The summed E-state index contributed by atoms with van der Waals surface area (Å²) in [7, 11) is 0. The molecule has 2 nitrogen and oxygen atoms in total. The lowest BCUT2D eigenvalue weighted by Gasteiger charge is -2.30. The van der Waals surface area contributed by atoms with Gasteiger partial charge >= 0.3 is 12.4 Å². The first-order valence-electron chi connectivity index (χ1n) is 5.10. The number of hydrogen-bond acceptors (Lipinski definition) is 1. The van der Waals surface area contributed by atoms with Gasteiger partial charge in [-0.25, -0.2) is 0 Å². The van der Waals surface area contributed by atoms with Crippen molar-refractivity contribution < 1.29 is 31.1 Å². The number of aryl methyl sites for hydroxylation is 1. The van der Waals surface area contributed by atoms with Crippen LogP contribution in [0.2, 0.25) is 0 Å². The van der Waals surface area contributed by atoms with Gasteiger partial charge in [0.1, 0.15) is 0 Å². The van der Waals surface area contributed by atoms with E-state index in [2.05, 4.69) is 0 Å². The van der Waals surface area contributed by atoms with Crippen molar-refractivity contribution in [2.45, 2.75) is 23.6 Å². The highest BCUT2D eigenvalue weighted by molar-refractivity contribution is 9.10. The van der Waals surface area contributed by atoms with Gasteiger partial charge in [-0.1, -0.05) is 33.6 Å². The highest BCUT2D eigenvalue weighted by Crippen LogP contribution is 2.49. The molecule has 0 aliphatic heterocycles. The van der Waals surface area contributed by atoms with Gasteiger partial charge in [0.2, 0.25) is 0 Å². The molecule has 0 atom stereocenters. The maximum absolute atomic E-state index is 12.6. The van der Waals surface area contributed by atoms with Crippen LogP contribution in [0.25, 0.3) is 0 Å². The zero-order valence-corrected chi connectivity index (χ0v) is 11.4. The van der Waals surface area contributed by atoms with E-state index >= 15 is 0 Å². The maximum atomic E-state index is 12.6. The molecule has 0 aromatic heterocycles. The molecule has 1 aromatic rings. The van der Waals surface area contributed by atoms with E-state index in [9.17, 15) is 31.1 Å². The first-order chi connectivity index (χ1) is 8.89. The lowest BCUT2D eigenvalue weighted by molar-refractivity contribution is -0.253. The molecule has 0 unspecified atom stereocenters. The van der Waals surface area contributed by atoms with E-state index in [1.165, 1.54) is 40.2 Å². The highest BCUT2D eigenvalue weighted by Gasteiger charge is 2.74. The van der Waals surface area contributed by atoms with Gasteiger partial charge in [0.15, 0.2) is 0 Å². The van der Waals surface area contributed by atoms with Gasteiger partial charge in [-0.15, -0.1) is 0 Å². The van der Waals surface area contributed by atoms with Crippen LogP contribution in [0.15, 0.2) is 24.3 Å². The van der Waals surface area contributed by atoms with Crippen molar-refractivity contribution in [2.75, 3.05) is 5.32 Å². The molecule has 0 heterocycles. The van der Waals surface area contributed by atoms with Crippen molar-refractivity contribution in [2.24, 2.45) is 0 Å². The lowest BCUT2D eigenvalue weighted by atomic mass is 10.1. The second-order valence-corrected chi connectivity index (χ2v) is 5.16. The number of amides is 1. The molecule has 112 valence electrons.